The molecule has 0 spiro atoms. The molecular formula is C9H13FO3Si. The van der Waals surface area contributed by atoms with E-state index in [-0.39, 0.29) is 5.82 Å². The summed E-state index contributed by atoms with van der Waals surface area (Å²) in [5.74, 6) is -0.243. The Balaban J connectivity index is 2.25. The highest BCUT2D eigenvalue weighted by atomic mass is 28.2. The highest BCUT2D eigenvalue weighted by Gasteiger charge is 1.98. The van der Waals surface area contributed by atoms with Crippen LogP contribution in [0.15, 0.2) is 24.3 Å². The largest absolute Gasteiger partial charge is 0.379 e. The molecule has 1 rings (SSSR count). The first-order chi connectivity index (χ1) is 6.68. The molecule has 0 bridgehead atoms. The Morgan fingerprint density at radius 2 is 2.21 bits per heavy atom. The number of hydrogen-bond acceptors (Lipinski definition) is 3. The Labute approximate surface area is 84.1 Å². The van der Waals surface area contributed by atoms with Crippen molar-refractivity contribution in [2.24, 2.45) is 0 Å². The summed E-state index contributed by atoms with van der Waals surface area (Å²) in [5.41, 5.74) is 0.911. The van der Waals surface area contributed by atoms with Gasteiger partial charge in [-0.2, -0.15) is 0 Å². The van der Waals surface area contributed by atoms with Gasteiger partial charge in [0.2, 0.25) is 0 Å². The monoisotopic (exact) mass is 216 g/mol. The van der Waals surface area contributed by atoms with E-state index in [4.69, 9.17) is 10.2 Å². The fourth-order valence-electron chi connectivity index (χ4n) is 1.16. The second-order valence-electron chi connectivity index (χ2n) is 2.93. The fourth-order valence-corrected chi connectivity index (χ4v) is 2.09. The van der Waals surface area contributed by atoms with Gasteiger partial charge in [0.25, 0.3) is 6.48 Å². The van der Waals surface area contributed by atoms with E-state index in [1.165, 1.54) is 12.1 Å². The van der Waals surface area contributed by atoms with Gasteiger partial charge in [-0.1, -0.05) is 12.1 Å². The summed E-state index contributed by atoms with van der Waals surface area (Å²) in [6.45, 7) is -1.66. The molecule has 0 heterocycles. The second-order valence-corrected chi connectivity index (χ2v) is 4.38. The zero-order chi connectivity index (χ0) is 10.4. The van der Waals surface area contributed by atoms with Gasteiger partial charge in [0, 0.05) is 0 Å². The minimum absolute atomic E-state index is 0.243. The van der Waals surface area contributed by atoms with Crippen LogP contribution >= 0.6 is 0 Å². The molecule has 2 N–H and O–H groups in total. The highest BCUT2D eigenvalue weighted by Crippen LogP contribution is 2.06. The number of aliphatic hydroxyl groups is 2. The van der Waals surface area contributed by atoms with Gasteiger partial charge in [0.05, 0.1) is 0 Å². The van der Waals surface area contributed by atoms with Gasteiger partial charge in [-0.25, -0.2) is 4.39 Å². The summed E-state index contributed by atoms with van der Waals surface area (Å²) < 4.78 is 17.4. The lowest BCUT2D eigenvalue weighted by molar-refractivity contribution is -0.180. The van der Waals surface area contributed by atoms with Crippen molar-refractivity contribution in [1.82, 2.24) is 0 Å². The lowest BCUT2D eigenvalue weighted by atomic mass is 10.2. The Kier molecular flexibility index (Phi) is 4.75. The average molecular weight is 216 g/mol. The normalized spacial score (nSPS) is 11.7. The Morgan fingerprint density at radius 3 is 2.86 bits per heavy atom. The average Bonchev–Trinajstić information content (AvgIpc) is 2.12. The van der Waals surface area contributed by atoms with E-state index in [0.717, 1.165) is 18.0 Å². The molecule has 3 nitrogen and oxygen atoms in total. The smallest absolute Gasteiger partial charge is 0.256 e. The van der Waals surface area contributed by atoms with Gasteiger partial charge in [-0.15, -0.1) is 0 Å². The number of aryl methyl sites for hydroxylation is 1. The molecule has 0 aromatic heterocycles. The van der Waals surface area contributed by atoms with E-state index in [9.17, 15) is 4.39 Å². The third-order valence-corrected chi connectivity index (χ3v) is 2.94. The van der Waals surface area contributed by atoms with Crippen LogP contribution in [-0.4, -0.2) is 26.5 Å². The number of benzene rings is 1. The Hall–Kier alpha value is -0.753. The molecule has 78 valence electrons. The van der Waals surface area contributed by atoms with Gasteiger partial charge in [0.1, 0.15) is 5.82 Å². The molecular weight excluding hydrogens is 203 g/mol. The third-order valence-electron chi connectivity index (χ3n) is 1.77. The van der Waals surface area contributed by atoms with Crippen LogP contribution in [0, 0.1) is 5.82 Å². The quantitative estimate of drug-likeness (QED) is 0.418. The van der Waals surface area contributed by atoms with Crippen molar-refractivity contribution < 1.29 is 19.0 Å². The number of hydrogen-bond donors (Lipinski definition) is 2. The molecule has 0 atom stereocenters. The molecule has 0 unspecified atom stereocenters. The summed E-state index contributed by atoms with van der Waals surface area (Å²) in [5, 5.41) is 16.8. The molecule has 1 aromatic rings. The van der Waals surface area contributed by atoms with Crippen LogP contribution in [0.2, 0.25) is 6.04 Å². The van der Waals surface area contributed by atoms with Crippen LogP contribution in [0.3, 0.4) is 0 Å². The van der Waals surface area contributed by atoms with Crippen molar-refractivity contribution in [1.29, 1.82) is 0 Å². The summed E-state index contributed by atoms with van der Waals surface area (Å²) in [6, 6.07) is 7.14. The standard InChI is InChI=1S/C9H13FO3Si/c10-8-3-1-2-7(6-8)4-5-14-13-9(11)12/h1-3,6,9,11-12H,4-5,14H2. The van der Waals surface area contributed by atoms with Crippen molar-refractivity contribution in [3.63, 3.8) is 0 Å². The lowest BCUT2D eigenvalue weighted by Crippen LogP contribution is -2.13. The first-order valence-electron chi connectivity index (χ1n) is 4.40. The zero-order valence-corrected chi connectivity index (χ0v) is 9.10. The molecule has 0 fully saturated rings. The van der Waals surface area contributed by atoms with Crippen LogP contribution in [0.25, 0.3) is 0 Å². The van der Waals surface area contributed by atoms with E-state index < -0.39 is 16.2 Å². The third kappa shape index (κ3) is 4.47. The van der Waals surface area contributed by atoms with Crippen LogP contribution in [0.1, 0.15) is 5.56 Å². The topological polar surface area (TPSA) is 49.7 Å². The maximum absolute atomic E-state index is 12.7. The first kappa shape index (κ1) is 11.3. The lowest BCUT2D eigenvalue weighted by Gasteiger charge is -2.04. The molecule has 0 radical (unpaired) electrons. The fraction of sp³-hybridized carbons (Fsp3) is 0.333. The number of halogens is 1. The Bertz CT molecular complexity index is 281. The van der Waals surface area contributed by atoms with Gasteiger partial charge in [0.15, 0.2) is 9.76 Å². The number of rotatable bonds is 5. The summed E-state index contributed by atoms with van der Waals surface area (Å²) in [6.07, 6.45) is 0.719. The maximum atomic E-state index is 12.7. The Morgan fingerprint density at radius 1 is 1.43 bits per heavy atom. The molecule has 0 aliphatic carbocycles. The van der Waals surface area contributed by atoms with E-state index >= 15 is 0 Å². The summed E-state index contributed by atoms with van der Waals surface area (Å²) in [4.78, 5) is 0. The van der Waals surface area contributed by atoms with E-state index in [1.807, 2.05) is 6.07 Å². The number of aliphatic hydroxyl groups excluding tert-OH is 1. The predicted octanol–water partition coefficient (Wildman–Crippen LogP) is 0.155. The predicted molar refractivity (Wildman–Crippen MR) is 52.8 cm³/mol. The van der Waals surface area contributed by atoms with E-state index in [1.54, 1.807) is 6.07 Å². The van der Waals surface area contributed by atoms with E-state index in [0.29, 0.717) is 0 Å². The molecule has 0 aliphatic rings. The van der Waals surface area contributed by atoms with Gasteiger partial charge in [-0.05, 0) is 30.2 Å². The molecule has 1 aromatic carbocycles. The summed E-state index contributed by atoms with van der Waals surface area (Å²) >= 11 is 0. The molecule has 0 saturated heterocycles. The van der Waals surface area contributed by atoms with Crippen LogP contribution in [0.4, 0.5) is 4.39 Å². The van der Waals surface area contributed by atoms with Gasteiger partial charge >= 0.3 is 0 Å². The minimum atomic E-state index is -1.66. The van der Waals surface area contributed by atoms with Crippen molar-refractivity contribution in [2.45, 2.75) is 18.9 Å². The van der Waals surface area contributed by atoms with Crippen molar-refractivity contribution in [3.8, 4) is 0 Å². The molecule has 5 heteroatoms. The van der Waals surface area contributed by atoms with Crippen LogP contribution in [-0.2, 0) is 10.8 Å². The van der Waals surface area contributed by atoms with Gasteiger partial charge in [-0.3, -0.25) is 0 Å². The molecule has 0 aliphatic heterocycles. The van der Waals surface area contributed by atoms with E-state index in [2.05, 4.69) is 4.43 Å². The van der Waals surface area contributed by atoms with Gasteiger partial charge < -0.3 is 14.6 Å². The van der Waals surface area contributed by atoms with Crippen molar-refractivity contribution in [2.75, 3.05) is 0 Å². The molecule has 14 heavy (non-hydrogen) atoms. The van der Waals surface area contributed by atoms with Crippen molar-refractivity contribution >= 4 is 9.76 Å². The molecule has 0 amide bonds. The zero-order valence-electron chi connectivity index (χ0n) is 7.69. The van der Waals surface area contributed by atoms with Crippen molar-refractivity contribution in [3.05, 3.63) is 35.6 Å². The first-order valence-corrected chi connectivity index (χ1v) is 5.98. The maximum Gasteiger partial charge on any atom is 0.256 e. The minimum Gasteiger partial charge on any atom is -0.379 e. The van der Waals surface area contributed by atoms with Crippen LogP contribution < -0.4 is 0 Å². The second kappa shape index (κ2) is 5.87. The summed E-state index contributed by atoms with van der Waals surface area (Å²) in [7, 11) is -0.915. The molecule has 0 saturated carbocycles. The van der Waals surface area contributed by atoms with Crippen LogP contribution in [0.5, 0.6) is 0 Å². The SMILES string of the molecule is OC(O)O[SiH2]CCc1cccc(F)c1. The highest BCUT2D eigenvalue weighted by molar-refractivity contribution is 6.27.